The Morgan fingerprint density at radius 1 is 1.38 bits per heavy atom. The number of nitrogens with one attached hydrogen (secondary N) is 1. The SMILES string of the molecule is O=C(O)C(NCC1([N+](=O)[O-])C=CC=CC1)c1ccccc1. The van der Waals surface area contributed by atoms with Gasteiger partial charge in [0, 0.05) is 11.3 Å². The van der Waals surface area contributed by atoms with E-state index in [1.807, 2.05) is 0 Å². The van der Waals surface area contributed by atoms with Crippen molar-refractivity contribution >= 4 is 5.97 Å². The Morgan fingerprint density at radius 3 is 2.62 bits per heavy atom. The highest BCUT2D eigenvalue weighted by atomic mass is 16.6. The minimum atomic E-state index is -1.29. The van der Waals surface area contributed by atoms with Gasteiger partial charge in [-0.2, -0.15) is 0 Å². The molecule has 6 heteroatoms. The third-order valence-corrected chi connectivity index (χ3v) is 3.48. The molecule has 0 saturated heterocycles. The summed E-state index contributed by atoms with van der Waals surface area (Å²) in [5.74, 6) is -1.06. The van der Waals surface area contributed by atoms with Gasteiger partial charge in [-0.25, -0.2) is 0 Å². The van der Waals surface area contributed by atoms with Crippen LogP contribution in [0.5, 0.6) is 0 Å². The first-order valence-corrected chi connectivity index (χ1v) is 6.55. The molecule has 0 saturated carbocycles. The number of nitro groups is 1. The molecule has 0 heterocycles. The van der Waals surface area contributed by atoms with Crippen LogP contribution in [-0.4, -0.2) is 28.1 Å². The summed E-state index contributed by atoms with van der Waals surface area (Å²) < 4.78 is 0. The number of hydrogen-bond donors (Lipinski definition) is 2. The minimum absolute atomic E-state index is 0.0489. The molecule has 1 aromatic carbocycles. The van der Waals surface area contributed by atoms with Gasteiger partial charge in [0.2, 0.25) is 0 Å². The fraction of sp³-hybridized carbons (Fsp3) is 0.267. The van der Waals surface area contributed by atoms with Crippen molar-refractivity contribution in [2.45, 2.75) is 18.0 Å². The molecule has 0 amide bonds. The van der Waals surface area contributed by atoms with Crippen LogP contribution in [0, 0.1) is 10.1 Å². The molecule has 110 valence electrons. The Balaban J connectivity index is 2.15. The van der Waals surface area contributed by atoms with Gasteiger partial charge in [-0.15, -0.1) is 0 Å². The fourth-order valence-electron chi connectivity index (χ4n) is 2.26. The van der Waals surface area contributed by atoms with Gasteiger partial charge in [-0.3, -0.25) is 20.2 Å². The molecule has 2 atom stereocenters. The van der Waals surface area contributed by atoms with Crippen molar-refractivity contribution in [3.63, 3.8) is 0 Å². The Bertz CT molecular complexity index is 583. The molecule has 21 heavy (non-hydrogen) atoms. The molecule has 2 rings (SSSR count). The van der Waals surface area contributed by atoms with Crippen molar-refractivity contribution < 1.29 is 14.8 Å². The summed E-state index contributed by atoms with van der Waals surface area (Å²) in [6.45, 7) is -0.0489. The molecule has 0 radical (unpaired) electrons. The molecule has 0 spiro atoms. The highest BCUT2D eigenvalue weighted by molar-refractivity contribution is 5.75. The Labute approximate surface area is 121 Å². The molecule has 6 nitrogen and oxygen atoms in total. The maximum Gasteiger partial charge on any atom is 0.325 e. The van der Waals surface area contributed by atoms with Crippen LogP contribution in [0.3, 0.4) is 0 Å². The van der Waals surface area contributed by atoms with Gasteiger partial charge >= 0.3 is 5.97 Å². The Morgan fingerprint density at radius 2 is 2.10 bits per heavy atom. The van der Waals surface area contributed by atoms with Gasteiger partial charge in [-0.05, 0) is 11.6 Å². The molecule has 2 unspecified atom stereocenters. The second kappa shape index (κ2) is 6.32. The van der Waals surface area contributed by atoms with E-state index in [-0.39, 0.29) is 17.9 Å². The van der Waals surface area contributed by atoms with E-state index in [0.717, 1.165) is 0 Å². The Kier molecular flexibility index (Phi) is 4.49. The van der Waals surface area contributed by atoms with E-state index in [4.69, 9.17) is 0 Å². The van der Waals surface area contributed by atoms with E-state index in [9.17, 15) is 20.0 Å². The minimum Gasteiger partial charge on any atom is -0.480 e. The number of hydrogen-bond acceptors (Lipinski definition) is 4. The normalized spacial score (nSPS) is 21.9. The number of nitrogens with zero attached hydrogens (tertiary/aromatic N) is 1. The molecule has 1 aromatic rings. The Hall–Kier alpha value is -2.47. The summed E-state index contributed by atoms with van der Waals surface area (Å²) in [5, 5.41) is 23.4. The molecule has 1 aliphatic carbocycles. The lowest BCUT2D eigenvalue weighted by Gasteiger charge is -2.25. The molecule has 0 aromatic heterocycles. The molecule has 2 N–H and O–H groups in total. The molecule has 0 aliphatic heterocycles. The van der Waals surface area contributed by atoms with Crippen molar-refractivity contribution in [2.75, 3.05) is 6.54 Å². The third kappa shape index (κ3) is 3.35. The zero-order valence-corrected chi connectivity index (χ0v) is 11.3. The number of carbonyl (C=O) groups is 1. The second-order valence-corrected chi connectivity index (χ2v) is 4.91. The van der Waals surface area contributed by atoms with E-state index in [1.54, 1.807) is 48.6 Å². The fourth-order valence-corrected chi connectivity index (χ4v) is 2.26. The number of carboxylic acids is 1. The first-order valence-electron chi connectivity index (χ1n) is 6.55. The molecular formula is C15H16N2O4. The number of allylic oxidation sites excluding steroid dienone is 2. The summed E-state index contributed by atoms with van der Waals surface area (Å²) in [6, 6.07) is 7.65. The van der Waals surface area contributed by atoms with Crippen LogP contribution < -0.4 is 5.32 Å². The monoisotopic (exact) mass is 288 g/mol. The largest absolute Gasteiger partial charge is 0.480 e. The molecule has 1 aliphatic rings. The van der Waals surface area contributed by atoms with Crippen LogP contribution in [-0.2, 0) is 4.79 Å². The van der Waals surface area contributed by atoms with Crippen LogP contribution in [0.25, 0.3) is 0 Å². The topological polar surface area (TPSA) is 92.5 Å². The van der Waals surface area contributed by atoms with Crippen molar-refractivity contribution in [3.05, 3.63) is 70.3 Å². The van der Waals surface area contributed by atoms with Gasteiger partial charge in [0.1, 0.15) is 6.04 Å². The van der Waals surface area contributed by atoms with Gasteiger partial charge < -0.3 is 5.11 Å². The first kappa shape index (κ1) is 14.9. The van der Waals surface area contributed by atoms with Crippen molar-refractivity contribution in [3.8, 4) is 0 Å². The number of benzene rings is 1. The second-order valence-electron chi connectivity index (χ2n) is 4.91. The predicted molar refractivity (Wildman–Crippen MR) is 77.4 cm³/mol. The quantitative estimate of drug-likeness (QED) is 0.616. The van der Waals surface area contributed by atoms with Crippen molar-refractivity contribution in [2.24, 2.45) is 0 Å². The van der Waals surface area contributed by atoms with Crippen LogP contribution in [0.1, 0.15) is 18.0 Å². The van der Waals surface area contributed by atoms with E-state index in [2.05, 4.69) is 5.32 Å². The first-order chi connectivity index (χ1) is 10.1. The lowest BCUT2D eigenvalue weighted by atomic mass is 9.91. The maximum absolute atomic E-state index is 11.4. The van der Waals surface area contributed by atoms with Gasteiger partial charge in [0.25, 0.3) is 5.54 Å². The van der Waals surface area contributed by atoms with E-state index in [1.165, 1.54) is 6.08 Å². The van der Waals surface area contributed by atoms with E-state index in [0.29, 0.717) is 5.56 Å². The highest BCUT2D eigenvalue weighted by Gasteiger charge is 2.40. The summed E-state index contributed by atoms with van der Waals surface area (Å²) in [6.07, 6.45) is 6.82. The predicted octanol–water partition coefficient (Wildman–Crippen LogP) is 1.93. The summed E-state index contributed by atoms with van der Waals surface area (Å²) in [7, 11) is 0. The van der Waals surface area contributed by atoms with Crippen molar-refractivity contribution in [1.29, 1.82) is 0 Å². The van der Waals surface area contributed by atoms with Crippen LogP contribution >= 0.6 is 0 Å². The number of rotatable bonds is 6. The number of carboxylic acid groups (broad SMARTS) is 1. The smallest absolute Gasteiger partial charge is 0.325 e. The van der Waals surface area contributed by atoms with E-state index < -0.39 is 17.6 Å². The standard InChI is InChI=1S/C15H16N2O4/c18-14(19)13(12-7-3-1-4-8-12)16-11-15(17(20)21)9-5-2-6-10-15/h1-9,13,16H,10-11H2,(H,18,19). The number of aliphatic carboxylic acids is 1. The molecule has 0 bridgehead atoms. The van der Waals surface area contributed by atoms with Crippen LogP contribution in [0.4, 0.5) is 0 Å². The lowest BCUT2D eigenvalue weighted by molar-refractivity contribution is -0.552. The van der Waals surface area contributed by atoms with Gasteiger partial charge in [0.05, 0.1) is 6.54 Å². The third-order valence-electron chi connectivity index (χ3n) is 3.48. The highest BCUT2D eigenvalue weighted by Crippen LogP contribution is 2.22. The van der Waals surface area contributed by atoms with Gasteiger partial charge in [0.15, 0.2) is 0 Å². The summed E-state index contributed by atoms with van der Waals surface area (Å²) in [5.41, 5.74) is -0.726. The van der Waals surface area contributed by atoms with Crippen LogP contribution in [0.15, 0.2) is 54.6 Å². The zero-order chi connectivity index (χ0) is 15.3. The lowest BCUT2D eigenvalue weighted by Crippen LogP contribution is -2.48. The molecular weight excluding hydrogens is 272 g/mol. The van der Waals surface area contributed by atoms with Crippen molar-refractivity contribution in [1.82, 2.24) is 5.32 Å². The summed E-state index contributed by atoms with van der Waals surface area (Å²) >= 11 is 0. The average molecular weight is 288 g/mol. The van der Waals surface area contributed by atoms with Gasteiger partial charge in [-0.1, -0.05) is 48.6 Å². The molecule has 0 fully saturated rings. The van der Waals surface area contributed by atoms with Crippen LogP contribution in [0.2, 0.25) is 0 Å². The zero-order valence-electron chi connectivity index (χ0n) is 11.3. The van der Waals surface area contributed by atoms with E-state index >= 15 is 0 Å². The average Bonchev–Trinajstić information content (AvgIpc) is 2.49. The summed E-state index contributed by atoms with van der Waals surface area (Å²) in [4.78, 5) is 22.3. The maximum atomic E-state index is 11.4.